The molecule has 3 heterocycles. The van der Waals surface area contributed by atoms with Crippen molar-refractivity contribution in [3.8, 4) is 0 Å². The number of hydrogen-bond acceptors (Lipinski definition) is 5. The molecule has 1 unspecified atom stereocenters. The summed E-state index contributed by atoms with van der Waals surface area (Å²) >= 11 is 0. The average Bonchev–Trinajstić information content (AvgIpc) is 3.16. The number of carboxylic acids is 1. The summed E-state index contributed by atoms with van der Waals surface area (Å²) in [5.41, 5.74) is -0.880. The quantitative estimate of drug-likeness (QED) is 0.589. The first kappa shape index (κ1) is 19.9. The molecule has 1 fully saturated rings. The number of benzene rings is 1. The summed E-state index contributed by atoms with van der Waals surface area (Å²) in [5.74, 6) is -3.38. The topological polar surface area (TPSA) is 98.3 Å². The second kappa shape index (κ2) is 7.79. The highest BCUT2D eigenvalue weighted by Crippen LogP contribution is 2.24. The number of H-pyrrole nitrogens is 1. The number of hydrogen-bond donors (Lipinski definition) is 3. The number of nitrogens with zero attached hydrogens (tertiary/aromatic N) is 2. The Labute approximate surface area is 168 Å². The van der Waals surface area contributed by atoms with Crippen molar-refractivity contribution >= 4 is 22.8 Å². The molecule has 1 saturated heterocycles. The number of halogens is 3. The first-order chi connectivity index (χ1) is 14.3. The van der Waals surface area contributed by atoms with Crippen LogP contribution in [0.1, 0.15) is 22.3 Å². The number of carboxylic acid groups (broad SMARTS) is 1. The Morgan fingerprint density at radius 3 is 2.80 bits per heavy atom. The van der Waals surface area contributed by atoms with E-state index in [0.717, 1.165) is 18.3 Å². The minimum absolute atomic E-state index is 0.0403. The molecule has 3 aromatic rings. The first-order valence-corrected chi connectivity index (χ1v) is 9.21. The second-order valence-corrected chi connectivity index (χ2v) is 7.07. The third-order valence-corrected chi connectivity index (χ3v) is 5.11. The Balaban J connectivity index is 1.51. The summed E-state index contributed by atoms with van der Waals surface area (Å²) in [6.45, 7) is 1.08. The van der Waals surface area contributed by atoms with Crippen LogP contribution in [0.15, 0.2) is 35.3 Å². The van der Waals surface area contributed by atoms with Crippen LogP contribution < -0.4 is 15.6 Å². The minimum atomic E-state index is -1.41. The summed E-state index contributed by atoms with van der Waals surface area (Å²) in [6, 6.07) is 4.29. The number of fused-ring (bicyclic) bond motifs is 1. The molecule has 0 amide bonds. The lowest BCUT2D eigenvalue weighted by atomic mass is 10.2. The average molecular weight is 418 g/mol. The molecule has 1 aliphatic heterocycles. The molecule has 0 radical (unpaired) electrons. The molecule has 1 atom stereocenters. The van der Waals surface area contributed by atoms with E-state index >= 15 is 0 Å². The fourth-order valence-electron chi connectivity index (χ4n) is 3.53. The zero-order valence-corrected chi connectivity index (χ0v) is 15.6. The van der Waals surface area contributed by atoms with Gasteiger partial charge in [0.2, 0.25) is 5.43 Å². The number of aromatic nitrogens is 2. The van der Waals surface area contributed by atoms with E-state index in [1.54, 1.807) is 4.90 Å². The van der Waals surface area contributed by atoms with Crippen LogP contribution in [0.25, 0.3) is 11.0 Å². The van der Waals surface area contributed by atoms with Gasteiger partial charge in [0.05, 0.1) is 5.39 Å². The lowest BCUT2D eigenvalue weighted by molar-refractivity contribution is 0.0695. The van der Waals surface area contributed by atoms with Crippen molar-refractivity contribution in [1.29, 1.82) is 0 Å². The van der Waals surface area contributed by atoms with Gasteiger partial charge in [0.25, 0.3) is 0 Å². The van der Waals surface area contributed by atoms with Crippen LogP contribution >= 0.6 is 0 Å². The van der Waals surface area contributed by atoms with E-state index in [-0.39, 0.29) is 29.4 Å². The van der Waals surface area contributed by atoms with E-state index in [4.69, 9.17) is 5.11 Å². The molecule has 0 aliphatic carbocycles. The molecule has 3 N–H and O–H groups in total. The Bertz CT molecular complexity index is 1200. The summed E-state index contributed by atoms with van der Waals surface area (Å²) in [6.07, 6.45) is 1.68. The maximum atomic E-state index is 14.6. The third-order valence-electron chi connectivity index (χ3n) is 5.11. The molecule has 0 saturated carbocycles. The van der Waals surface area contributed by atoms with E-state index in [9.17, 15) is 22.8 Å². The lowest BCUT2D eigenvalue weighted by Crippen LogP contribution is -2.33. The number of rotatable bonds is 5. The summed E-state index contributed by atoms with van der Waals surface area (Å²) in [4.78, 5) is 31.7. The lowest BCUT2D eigenvalue weighted by Gasteiger charge is -2.19. The number of pyridine rings is 2. The number of aromatic carboxylic acids is 1. The number of carbonyl (C=O) groups is 1. The van der Waals surface area contributed by atoms with Gasteiger partial charge in [-0.1, -0.05) is 6.07 Å². The molecule has 7 nitrogen and oxygen atoms in total. The molecule has 0 spiro atoms. The third kappa shape index (κ3) is 3.73. The maximum Gasteiger partial charge on any atom is 0.341 e. The standard InChI is InChI=1S/C20H17F3N4O3/c21-11-2-1-10(15(22)5-11)7-24-12-3-4-27(9-12)19-16(23)6-13-17(28)14(20(29)30)8-25-18(13)26-19/h1-2,5-6,8,12,24H,3-4,7,9H2,(H,29,30)(H,25,26,28). The predicted molar refractivity (Wildman–Crippen MR) is 103 cm³/mol. The van der Waals surface area contributed by atoms with Crippen molar-refractivity contribution in [2.24, 2.45) is 0 Å². The van der Waals surface area contributed by atoms with Crippen molar-refractivity contribution in [2.45, 2.75) is 19.0 Å². The molecule has 4 rings (SSSR count). The molecule has 1 aliphatic rings. The van der Waals surface area contributed by atoms with Crippen molar-refractivity contribution in [2.75, 3.05) is 18.0 Å². The van der Waals surface area contributed by atoms with Crippen LogP contribution in [0.2, 0.25) is 0 Å². The molecule has 30 heavy (non-hydrogen) atoms. The largest absolute Gasteiger partial charge is 0.477 e. The Morgan fingerprint density at radius 2 is 2.07 bits per heavy atom. The van der Waals surface area contributed by atoms with Crippen LogP contribution in [0.4, 0.5) is 19.0 Å². The summed E-state index contributed by atoms with van der Waals surface area (Å²) in [7, 11) is 0. The van der Waals surface area contributed by atoms with E-state index in [1.807, 2.05) is 0 Å². The predicted octanol–water partition coefficient (Wildman–Crippen LogP) is 2.41. The zero-order valence-electron chi connectivity index (χ0n) is 15.6. The fraction of sp³-hybridized carbons (Fsp3) is 0.250. The molecule has 2 aromatic heterocycles. The maximum absolute atomic E-state index is 14.6. The van der Waals surface area contributed by atoms with Gasteiger partial charge < -0.3 is 20.3 Å². The van der Waals surface area contributed by atoms with Gasteiger partial charge in [-0.25, -0.2) is 22.9 Å². The molecule has 156 valence electrons. The van der Waals surface area contributed by atoms with E-state index < -0.39 is 34.4 Å². The van der Waals surface area contributed by atoms with Crippen molar-refractivity contribution in [3.05, 3.63) is 69.3 Å². The molecule has 0 bridgehead atoms. The number of nitrogens with one attached hydrogen (secondary N) is 2. The summed E-state index contributed by atoms with van der Waals surface area (Å²) in [5, 5.41) is 12.0. The number of aromatic amines is 1. The highest BCUT2D eigenvalue weighted by molar-refractivity contribution is 5.91. The van der Waals surface area contributed by atoms with Gasteiger partial charge in [0.15, 0.2) is 11.6 Å². The van der Waals surface area contributed by atoms with Crippen molar-refractivity contribution in [1.82, 2.24) is 15.3 Å². The van der Waals surface area contributed by atoms with Gasteiger partial charge in [0.1, 0.15) is 22.8 Å². The van der Waals surface area contributed by atoms with Gasteiger partial charge in [0, 0.05) is 43.5 Å². The monoisotopic (exact) mass is 418 g/mol. The van der Waals surface area contributed by atoms with E-state index in [1.165, 1.54) is 12.1 Å². The smallest absolute Gasteiger partial charge is 0.341 e. The Kier molecular flexibility index (Phi) is 5.17. The highest BCUT2D eigenvalue weighted by atomic mass is 19.1. The molecular weight excluding hydrogens is 401 g/mol. The van der Waals surface area contributed by atoms with Crippen LogP contribution in [0.3, 0.4) is 0 Å². The van der Waals surface area contributed by atoms with Crippen LogP contribution in [0.5, 0.6) is 0 Å². The van der Waals surface area contributed by atoms with Gasteiger partial charge in [-0.2, -0.15) is 0 Å². The van der Waals surface area contributed by atoms with Crippen molar-refractivity contribution < 1.29 is 23.1 Å². The molecule has 10 heteroatoms. The minimum Gasteiger partial charge on any atom is -0.477 e. The van der Waals surface area contributed by atoms with Gasteiger partial charge in [-0.15, -0.1) is 0 Å². The Morgan fingerprint density at radius 1 is 1.27 bits per heavy atom. The van der Waals surface area contributed by atoms with Gasteiger partial charge in [-0.3, -0.25) is 4.79 Å². The second-order valence-electron chi connectivity index (χ2n) is 7.07. The normalized spacial score (nSPS) is 16.4. The first-order valence-electron chi connectivity index (χ1n) is 9.21. The van der Waals surface area contributed by atoms with Crippen LogP contribution in [-0.4, -0.2) is 40.2 Å². The number of anilines is 1. The molecule has 1 aromatic carbocycles. The van der Waals surface area contributed by atoms with E-state index in [2.05, 4.69) is 15.3 Å². The zero-order chi connectivity index (χ0) is 21.4. The van der Waals surface area contributed by atoms with Crippen molar-refractivity contribution in [3.63, 3.8) is 0 Å². The van der Waals surface area contributed by atoms with E-state index in [0.29, 0.717) is 25.1 Å². The summed E-state index contributed by atoms with van der Waals surface area (Å²) < 4.78 is 41.4. The highest BCUT2D eigenvalue weighted by Gasteiger charge is 2.26. The molecular formula is C20H17F3N4O3. The Hall–Kier alpha value is -3.40. The SMILES string of the molecule is O=C(O)c1c[nH]c2nc(N3CCC(NCc4ccc(F)cc4F)C3)c(F)cc2c1=O. The van der Waals surface area contributed by atoms with Crippen LogP contribution in [0, 0.1) is 17.5 Å². The fourth-order valence-corrected chi connectivity index (χ4v) is 3.53. The van der Waals surface area contributed by atoms with Crippen LogP contribution in [-0.2, 0) is 6.54 Å². The van der Waals surface area contributed by atoms with Gasteiger partial charge >= 0.3 is 5.97 Å². The van der Waals surface area contributed by atoms with Gasteiger partial charge in [-0.05, 0) is 18.6 Å².